The summed E-state index contributed by atoms with van der Waals surface area (Å²) in [6.07, 6.45) is 0.490. The summed E-state index contributed by atoms with van der Waals surface area (Å²) in [5.41, 5.74) is 1.02. The molecule has 0 unspecified atom stereocenters. The summed E-state index contributed by atoms with van der Waals surface area (Å²) < 4.78 is 0. The Labute approximate surface area is 123 Å². The molecule has 5 nitrogen and oxygen atoms in total. The van der Waals surface area contributed by atoms with Gasteiger partial charge in [0.25, 0.3) is 0 Å². The van der Waals surface area contributed by atoms with Crippen LogP contribution in [0.2, 0.25) is 0 Å². The van der Waals surface area contributed by atoms with Crippen LogP contribution in [0.1, 0.15) is 18.4 Å². The van der Waals surface area contributed by atoms with Crippen LogP contribution in [-0.2, 0) is 11.3 Å². The Balaban J connectivity index is 1.78. The van der Waals surface area contributed by atoms with Gasteiger partial charge in [-0.25, -0.2) is 4.79 Å². The highest BCUT2D eigenvalue weighted by Gasteiger charge is 2.02. The van der Waals surface area contributed by atoms with E-state index in [1.165, 1.54) is 5.39 Å². The molecule has 0 radical (unpaired) electrons. The Bertz CT molecular complexity index is 640. The standard InChI is InChI=1S/C16H18N2O3/c19-15(20)6-3-9-17-16(21)18-11-12-7-8-13-4-1-2-5-14(13)10-12/h1-2,4-5,7-8,10H,3,6,9,11H2,(H,19,20)(H2,17,18,21). The van der Waals surface area contributed by atoms with Crippen LogP contribution in [0.25, 0.3) is 10.8 Å². The predicted molar refractivity (Wildman–Crippen MR) is 81.1 cm³/mol. The predicted octanol–water partition coefficient (Wildman–Crippen LogP) is 2.50. The van der Waals surface area contributed by atoms with Gasteiger partial charge < -0.3 is 15.7 Å². The second kappa shape index (κ2) is 7.28. The van der Waals surface area contributed by atoms with Crippen LogP contribution >= 0.6 is 0 Å². The number of nitrogens with one attached hydrogen (secondary N) is 2. The van der Waals surface area contributed by atoms with Crippen LogP contribution < -0.4 is 10.6 Å². The topological polar surface area (TPSA) is 78.4 Å². The zero-order valence-electron chi connectivity index (χ0n) is 11.6. The van der Waals surface area contributed by atoms with Gasteiger partial charge in [0.05, 0.1) is 0 Å². The molecule has 0 bridgehead atoms. The lowest BCUT2D eigenvalue weighted by Gasteiger charge is -2.08. The highest BCUT2D eigenvalue weighted by Crippen LogP contribution is 2.15. The summed E-state index contributed by atoms with van der Waals surface area (Å²) >= 11 is 0. The molecular weight excluding hydrogens is 268 g/mol. The van der Waals surface area contributed by atoms with Crippen molar-refractivity contribution < 1.29 is 14.7 Å². The van der Waals surface area contributed by atoms with Gasteiger partial charge in [0.2, 0.25) is 0 Å². The van der Waals surface area contributed by atoms with Crippen LogP contribution in [0, 0.1) is 0 Å². The zero-order chi connectivity index (χ0) is 15.1. The van der Waals surface area contributed by atoms with Crippen molar-refractivity contribution in [2.75, 3.05) is 6.54 Å². The van der Waals surface area contributed by atoms with E-state index in [1.807, 2.05) is 42.5 Å². The maximum absolute atomic E-state index is 11.6. The fourth-order valence-electron chi connectivity index (χ4n) is 2.04. The van der Waals surface area contributed by atoms with Gasteiger partial charge in [-0.15, -0.1) is 0 Å². The van der Waals surface area contributed by atoms with Crippen molar-refractivity contribution in [3.8, 4) is 0 Å². The van der Waals surface area contributed by atoms with E-state index in [0.29, 0.717) is 19.5 Å². The van der Waals surface area contributed by atoms with E-state index >= 15 is 0 Å². The molecule has 0 fully saturated rings. The molecule has 0 heterocycles. The van der Waals surface area contributed by atoms with Crippen LogP contribution in [-0.4, -0.2) is 23.7 Å². The van der Waals surface area contributed by atoms with Gasteiger partial charge in [0.15, 0.2) is 0 Å². The average Bonchev–Trinajstić information content (AvgIpc) is 2.49. The minimum atomic E-state index is -0.853. The van der Waals surface area contributed by atoms with Gasteiger partial charge in [-0.2, -0.15) is 0 Å². The highest BCUT2D eigenvalue weighted by molar-refractivity contribution is 5.83. The second-order valence-electron chi connectivity index (χ2n) is 4.79. The maximum Gasteiger partial charge on any atom is 0.315 e. The molecule has 3 N–H and O–H groups in total. The Kier molecular flexibility index (Phi) is 5.15. The molecule has 2 amide bonds. The third kappa shape index (κ3) is 4.80. The number of rotatable bonds is 6. The number of hydrogen-bond donors (Lipinski definition) is 3. The number of carbonyl (C=O) groups is 2. The molecule has 0 atom stereocenters. The third-order valence-electron chi connectivity index (χ3n) is 3.12. The number of carboxylic acid groups (broad SMARTS) is 1. The van der Waals surface area contributed by atoms with Gasteiger partial charge in [0.1, 0.15) is 0 Å². The quantitative estimate of drug-likeness (QED) is 0.714. The summed E-state index contributed by atoms with van der Waals surface area (Å²) in [5, 5.41) is 16.2. The molecule has 5 heteroatoms. The molecule has 2 aromatic rings. The Morgan fingerprint density at radius 3 is 2.52 bits per heavy atom. The van der Waals surface area contributed by atoms with Gasteiger partial charge in [-0.1, -0.05) is 36.4 Å². The third-order valence-corrected chi connectivity index (χ3v) is 3.12. The van der Waals surface area contributed by atoms with Crippen molar-refractivity contribution in [2.45, 2.75) is 19.4 Å². The number of carbonyl (C=O) groups excluding carboxylic acids is 1. The Morgan fingerprint density at radius 1 is 1.00 bits per heavy atom. The van der Waals surface area contributed by atoms with Crippen LogP contribution in [0.15, 0.2) is 42.5 Å². The van der Waals surface area contributed by atoms with Gasteiger partial charge in [-0.3, -0.25) is 4.79 Å². The molecule has 2 rings (SSSR count). The monoisotopic (exact) mass is 286 g/mol. The van der Waals surface area contributed by atoms with Gasteiger partial charge in [-0.05, 0) is 28.8 Å². The molecular formula is C16H18N2O3. The average molecular weight is 286 g/mol. The first-order valence-electron chi connectivity index (χ1n) is 6.86. The Morgan fingerprint density at radius 2 is 1.76 bits per heavy atom. The molecule has 0 spiro atoms. The van der Waals surface area contributed by atoms with E-state index < -0.39 is 5.97 Å². The normalized spacial score (nSPS) is 10.3. The fourth-order valence-corrected chi connectivity index (χ4v) is 2.04. The minimum Gasteiger partial charge on any atom is -0.481 e. The summed E-state index contributed by atoms with van der Waals surface area (Å²) in [4.78, 5) is 21.9. The molecule has 0 aliphatic carbocycles. The molecule has 0 aliphatic heterocycles. The first kappa shape index (κ1) is 14.8. The van der Waals surface area contributed by atoms with E-state index in [4.69, 9.17) is 5.11 Å². The van der Waals surface area contributed by atoms with Crippen LogP contribution in [0.5, 0.6) is 0 Å². The molecule has 0 aliphatic rings. The van der Waals surface area contributed by atoms with Crippen LogP contribution in [0.3, 0.4) is 0 Å². The first-order chi connectivity index (χ1) is 10.1. The second-order valence-corrected chi connectivity index (χ2v) is 4.79. The number of aliphatic carboxylic acids is 1. The lowest BCUT2D eigenvalue weighted by atomic mass is 10.1. The molecule has 0 saturated carbocycles. The van der Waals surface area contributed by atoms with Gasteiger partial charge in [0, 0.05) is 19.5 Å². The summed E-state index contributed by atoms with van der Waals surface area (Å²) in [5.74, 6) is -0.853. The van der Waals surface area contributed by atoms with E-state index in [-0.39, 0.29) is 12.5 Å². The van der Waals surface area contributed by atoms with Crippen molar-refractivity contribution >= 4 is 22.8 Å². The molecule has 110 valence electrons. The lowest BCUT2D eigenvalue weighted by molar-refractivity contribution is -0.137. The molecule has 0 saturated heterocycles. The fraction of sp³-hybridized carbons (Fsp3) is 0.250. The number of amides is 2. The minimum absolute atomic E-state index is 0.0605. The number of hydrogen-bond acceptors (Lipinski definition) is 2. The van der Waals surface area contributed by atoms with Crippen molar-refractivity contribution in [1.29, 1.82) is 0 Å². The van der Waals surface area contributed by atoms with E-state index in [9.17, 15) is 9.59 Å². The zero-order valence-corrected chi connectivity index (χ0v) is 11.6. The molecule has 21 heavy (non-hydrogen) atoms. The summed E-state index contributed by atoms with van der Waals surface area (Å²) in [6, 6.07) is 13.8. The van der Waals surface area contributed by atoms with E-state index in [1.54, 1.807) is 0 Å². The Hall–Kier alpha value is -2.56. The first-order valence-corrected chi connectivity index (χ1v) is 6.86. The number of benzene rings is 2. The SMILES string of the molecule is O=C(O)CCCNC(=O)NCc1ccc2ccccc2c1. The van der Waals surface area contributed by atoms with Crippen molar-refractivity contribution in [2.24, 2.45) is 0 Å². The van der Waals surface area contributed by atoms with Crippen molar-refractivity contribution in [1.82, 2.24) is 10.6 Å². The van der Waals surface area contributed by atoms with Crippen molar-refractivity contribution in [3.63, 3.8) is 0 Å². The molecule has 0 aromatic heterocycles. The highest BCUT2D eigenvalue weighted by atomic mass is 16.4. The smallest absolute Gasteiger partial charge is 0.315 e. The lowest BCUT2D eigenvalue weighted by Crippen LogP contribution is -2.35. The van der Waals surface area contributed by atoms with Crippen LogP contribution in [0.4, 0.5) is 4.79 Å². The van der Waals surface area contributed by atoms with Gasteiger partial charge >= 0.3 is 12.0 Å². The number of urea groups is 1. The molecule has 2 aromatic carbocycles. The number of carboxylic acids is 1. The maximum atomic E-state index is 11.6. The summed E-state index contributed by atoms with van der Waals surface area (Å²) in [7, 11) is 0. The summed E-state index contributed by atoms with van der Waals surface area (Å²) in [6.45, 7) is 0.797. The van der Waals surface area contributed by atoms with Crippen molar-refractivity contribution in [3.05, 3.63) is 48.0 Å². The van der Waals surface area contributed by atoms with E-state index in [2.05, 4.69) is 10.6 Å². The number of fused-ring (bicyclic) bond motifs is 1. The largest absolute Gasteiger partial charge is 0.481 e. The van der Waals surface area contributed by atoms with E-state index in [0.717, 1.165) is 10.9 Å².